The standard InChI is InChI=1S/C23H25F2N3O3/c1-15(14-30-3)31-20-11-16(4-5-17-6-7-19(24)13-21(17)25)10-18(12-20)23(29)26-22-8-9-28(2)27-22/h6-13,15H,4-5,14H2,1-3H3,(H,26,27,29)/t15-/m0/s1. The lowest BCUT2D eigenvalue weighted by Gasteiger charge is -2.16. The van der Waals surface area contributed by atoms with E-state index in [9.17, 15) is 13.6 Å². The van der Waals surface area contributed by atoms with Gasteiger partial charge in [0, 0.05) is 38.1 Å². The van der Waals surface area contributed by atoms with Crippen LogP contribution in [-0.2, 0) is 24.6 Å². The highest BCUT2D eigenvalue weighted by Gasteiger charge is 2.14. The second-order valence-electron chi connectivity index (χ2n) is 7.31. The van der Waals surface area contributed by atoms with Gasteiger partial charge in [-0.15, -0.1) is 0 Å². The Hall–Kier alpha value is -3.26. The van der Waals surface area contributed by atoms with Crippen molar-refractivity contribution < 1.29 is 23.0 Å². The Morgan fingerprint density at radius 1 is 1.16 bits per heavy atom. The number of amides is 1. The van der Waals surface area contributed by atoms with Crippen LogP contribution in [0.4, 0.5) is 14.6 Å². The largest absolute Gasteiger partial charge is 0.488 e. The van der Waals surface area contributed by atoms with E-state index in [-0.39, 0.29) is 12.0 Å². The third-order valence-corrected chi connectivity index (χ3v) is 4.62. The van der Waals surface area contributed by atoms with Crippen molar-refractivity contribution in [1.29, 1.82) is 0 Å². The van der Waals surface area contributed by atoms with Gasteiger partial charge in [-0.1, -0.05) is 6.07 Å². The van der Waals surface area contributed by atoms with E-state index in [1.807, 2.05) is 13.0 Å². The number of anilines is 1. The van der Waals surface area contributed by atoms with Crippen LogP contribution in [0.25, 0.3) is 0 Å². The number of aromatic nitrogens is 2. The molecule has 6 nitrogen and oxygen atoms in total. The number of hydrogen-bond donors (Lipinski definition) is 1. The lowest BCUT2D eigenvalue weighted by atomic mass is 10.0. The Labute approximate surface area is 179 Å². The minimum atomic E-state index is -0.614. The number of halogens is 2. The summed E-state index contributed by atoms with van der Waals surface area (Å²) in [7, 11) is 3.34. The average Bonchev–Trinajstić information content (AvgIpc) is 3.12. The first-order valence-electron chi connectivity index (χ1n) is 9.88. The molecule has 31 heavy (non-hydrogen) atoms. The first-order valence-corrected chi connectivity index (χ1v) is 9.88. The molecule has 1 heterocycles. The molecule has 0 radical (unpaired) electrons. The zero-order chi connectivity index (χ0) is 22.4. The van der Waals surface area contributed by atoms with Crippen LogP contribution in [0.5, 0.6) is 5.75 Å². The van der Waals surface area contributed by atoms with Crippen LogP contribution in [0.3, 0.4) is 0 Å². The maximum absolute atomic E-state index is 14.0. The lowest BCUT2D eigenvalue weighted by molar-refractivity contribution is 0.0916. The monoisotopic (exact) mass is 429 g/mol. The smallest absolute Gasteiger partial charge is 0.257 e. The molecule has 1 N–H and O–H groups in total. The predicted octanol–water partition coefficient (Wildman–Crippen LogP) is 4.15. The number of benzene rings is 2. The van der Waals surface area contributed by atoms with Crippen LogP contribution in [0, 0.1) is 11.6 Å². The number of carbonyl (C=O) groups excluding carboxylic acids is 1. The van der Waals surface area contributed by atoms with E-state index in [1.165, 1.54) is 12.1 Å². The van der Waals surface area contributed by atoms with Gasteiger partial charge in [-0.05, 0) is 55.2 Å². The van der Waals surface area contributed by atoms with E-state index in [1.54, 1.807) is 43.2 Å². The molecule has 8 heteroatoms. The molecule has 0 bridgehead atoms. The fraction of sp³-hybridized carbons (Fsp3) is 0.304. The maximum atomic E-state index is 14.0. The molecule has 164 valence electrons. The van der Waals surface area contributed by atoms with Crippen molar-refractivity contribution >= 4 is 11.7 Å². The molecule has 2 aromatic carbocycles. The van der Waals surface area contributed by atoms with Gasteiger partial charge in [-0.3, -0.25) is 9.48 Å². The molecule has 3 aromatic rings. The Morgan fingerprint density at radius 2 is 1.97 bits per heavy atom. The molecule has 0 aliphatic heterocycles. The number of hydrogen-bond acceptors (Lipinski definition) is 4. The number of carbonyl (C=O) groups is 1. The molecule has 0 aliphatic carbocycles. The number of rotatable bonds is 9. The Morgan fingerprint density at radius 3 is 2.65 bits per heavy atom. The van der Waals surface area contributed by atoms with Crippen LogP contribution in [0.1, 0.15) is 28.4 Å². The van der Waals surface area contributed by atoms with E-state index < -0.39 is 11.6 Å². The van der Waals surface area contributed by atoms with Crippen molar-refractivity contribution in [3.63, 3.8) is 0 Å². The third-order valence-electron chi connectivity index (χ3n) is 4.62. The SMILES string of the molecule is COC[C@H](C)Oc1cc(CCc2ccc(F)cc2F)cc(C(=O)Nc2ccn(C)n2)c1. The van der Waals surface area contributed by atoms with Gasteiger partial charge in [0.25, 0.3) is 5.91 Å². The summed E-state index contributed by atoms with van der Waals surface area (Å²) in [6.07, 6.45) is 2.30. The van der Waals surface area contributed by atoms with Crippen molar-refractivity contribution in [1.82, 2.24) is 9.78 Å². The minimum Gasteiger partial charge on any atom is -0.488 e. The highest BCUT2D eigenvalue weighted by Crippen LogP contribution is 2.22. The second-order valence-corrected chi connectivity index (χ2v) is 7.31. The van der Waals surface area contributed by atoms with Crippen molar-refractivity contribution in [3.8, 4) is 5.75 Å². The minimum absolute atomic E-state index is 0.221. The van der Waals surface area contributed by atoms with Gasteiger partial charge in [0.05, 0.1) is 6.61 Å². The van der Waals surface area contributed by atoms with Crippen molar-refractivity contribution in [2.45, 2.75) is 25.9 Å². The summed E-state index contributed by atoms with van der Waals surface area (Å²) in [5.74, 6) is -0.599. The normalized spacial score (nSPS) is 11.9. The van der Waals surface area contributed by atoms with E-state index in [4.69, 9.17) is 9.47 Å². The van der Waals surface area contributed by atoms with Gasteiger partial charge in [0.2, 0.25) is 0 Å². The van der Waals surface area contributed by atoms with Gasteiger partial charge in [0.1, 0.15) is 23.5 Å². The third kappa shape index (κ3) is 6.36. The Balaban J connectivity index is 1.82. The number of nitrogens with zero attached hydrogens (tertiary/aromatic N) is 2. The molecule has 0 spiro atoms. The maximum Gasteiger partial charge on any atom is 0.257 e. The molecule has 3 rings (SSSR count). The van der Waals surface area contributed by atoms with E-state index >= 15 is 0 Å². The molecule has 0 unspecified atom stereocenters. The van der Waals surface area contributed by atoms with Crippen molar-refractivity contribution in [2.24, 2.45) is 7.05 Å². The highest BCUT2D eigenvalue weighted by molar-refractivity contribution is 6.04. The summed E-state index contributed by atoms with van der Waals surface area (Å²) in [5, 5.41) is 6.90. The van der Waals surface area contributed by atoms with E-state index in [0.717, 1.165) is 11.6 Å². The van der Waals surface area contributed by atoms with Gasteiger partial charge in [-0.25, -0.2) is 8.78 Å². The van der Waals surface area contributed by atoms with E-state index in [2.05, 4.69) is 10.4 Å². The van der Waals surface area contributed by atoms with Gasteiger partial charge >= 0.3 is 0 Å². The predicted molar refractivity (Wildman–Crippen MR) is 113 cm³/mol. The first kappa shape index (κ1) is 22.4. The average molecular weight is 429 g/mol. The molecule has 0 saturated carbocycles. The zero-order valence-electron chi connectivity index (χ0n) is 17.7. The summed E-state index contributed by atoms with van der Waals surface area (Å²) in [6, 6.07) is 10.4. The topological polar surface area (TPSA) is 65.4 Å². The van der Waals surface area contributed by atoms with Crippen LogP contribution < -0.4 is 10.1 Å². The Kier molecular flexibility index (Phi) is 7.36. The van der Waals surface area contributed by atoms with Crippen molar-refractivity contribution in [3.05, 3.63) is 77.0 Å². The quantitative estimate of drug-likeness (QED) is 0.555. The number of nitrogens with one attached hydrogen (secondary N) is 1. The van der Waals surface area contributed by atoms with Gasteiger partial charge < -0.3 is 14.8 Å². The van der Waals surface area contributed by atoms with Gasteiger partial charge in [0.15, 0.2) is 5.82 Å². The highest BCUT2D eigenvalue weighted by atomic mass is 19.1. The fourth-order valence-electron chi connectivity index (χ4n) is 3.18. The lowest BCUT2D eigenvalue weighted by Crippen LogP contribution is -2.19. The fourth-order valence-corrected chi connectivity index (χ4v) is 3.18. The Bertz CT molecular complexity index is 1050. The summed E-state index contributed by atoms with van der Waals surface area (Å²) in [4.78, 5) is 12.8. The molecular formula is C23H25F2N3O3. The summed E-state index contributed by atoms with van der Waals surface area (Å²) >= 11 is 0. The molecule has 0 aliphatic rings. The van der Waals surface area contributed by atoms with Crippen molar-refractivity contribution in [2.75, 3.05) is 19.0 Å². The summed E-state index contributed by atoms with van der Waals surface area (Å²) in [5.41, 5.74) is 1.58. The van der Waals surface area contributed by atoms with Crippen LogP contribution in [0.2, 0.25) is 0 Å². The summed E-state index contributed by atoms with van der Waals surface area (Å²) < 4.78 is 39.7. The van der Waals surface area contributed by atoms with Gasteiger partial charge in [-0.2, -0.15) is 5.10 Å². The number of aryl methyl sites for hydroxylation is 3. The van der Waals surface area contributed by atoms with Crippen LogP contribution in [-0.4, -0.2) is 35.5 Å². The van der Waals surface area contributed by atoms with Crippen LogP contribution >= 0.6 is 0 Å². The van der Waals surface area contributed by atoms with Crippen LogP contribution in [0.15, 0.2) is 48.7 Å². The van der Waals surface area contributed by atoms with E-state index in [0.29, 0.717) is 42.1 Å². The molecule has 1 atom stereocenters. The molecule has 0 saturated heterocycles. The molecule has 1 aromatic heterocycles. The first-order chi connectivity index (χ1) is 14.8. The number of methoxy groups -OCH3 is 1. The number of ether oxygens (including phenoxy) is 2. The zero-order valence-corrected chi connectivity index (χ0v) is 17.7. The summed E-state index contributed by atoms with van der Waals surface area (Å²) in [6.45, 7) is 2.25. The molecular weight excluding hydrogens is 404 g/mol. The molecule has 1 amide bonds. The second kappa shape index (κ2) is 10.2. The molecule has 0 fully saturated rings.